The molecule has 0 saturated carbocycles. The van der Waals surface area contributed by atoms with Gasteiger partial charge >= 0.3 is 0 Å². The second-order valence-electron chi connectivity index (χ2n) is 2.40. The zero-order valence-electron chi connectivity index (χ0n) is 5.34. The van der Waals surface area contributed by atoms with Crippen LogP contribution >= 0.6 is 11.6 Å². The van der Waals surface area contributed by atoms with Crippen molar-refractivity contribution in [2.75, 3.05) is 6.54 Å². The molecule has 1 aromatic heterocycles. The van der Waals surface area contributed by atoms with E-state index in [1.165, 1.54) is 5.56 Å². The van der Waals surface area contributed by atoms with Gasteiger partial charge in [0.1, 0.15) is 0 Å². The van der Waals surface area contributed by atoms with Crippen LogP contribution in [0.2, 0.25) is 5.02 Å². The third-order valence-electron chi connectivity index (χ3n) is 1.54. The molecule has 1 atom stereocenters. The number of pyridine rings is 1. The van der Waals surface area contributed by atoms with Gasteiger partial charge in [-0.05, 0) is 11.6 Å². The molecule has 1 unspecified atom stereocenters. The van der Waals surface area contributed by atoms with Gasteiger partial charge in [0, 0.05) is 25.0 Å². The van der Waals surface area contributed by atoms with Crippen LogP contribution in [0.1, 0.15) is 11.6 Å². The van der Waals surface area contributed by atoms with Crippen LogP contribution in [0, 0.1) is 0 Å². The van der Waals surface area contributed by atoms with Gasteiger partial charge in [0.2, 0.25) is 0 Å². The number of aromatic nitrogens is 1. The Bertz CT molecular complexity index is 245. The molecule has 2 nitrogen and oxygen atoms in total. The molecule has 1 N–H and O–H groups in total. The minimum atomic E-state index is 0.506. The first kappa shape index (κ1) is 6.13. The van der Waals surface area contributed by atoms with Crippen molar-refractivity contribution < 1.29 is 0 Å². The Hall–Kier alpha value is -0.600. The molecule has 0 spiro atoms. The number of halogens is 1. The maximum absolute atomic E-state index is 5.73. The van der Waals surface area contributed by atoms with E-state index in [2.05, 4.69) is 10.3 Å². The SMILES string of the molecule is Clc1cncc(C2CN2)c1. The number of hydrogen-bond acceptors (Lipinski definition) is 2. The highest BCUT2D eigenvalue weighted by Gasteiger charge is 2.22. The van der Waals surface area contributed by atoms with Crippen LogP contribution in [0.4, 0.5) is 0 Å². The summed E-state index contributed by atoms with van der Waals surface area (Å²) in [6, 6.07) is 2.45. The number of nitrogens with one attached hydrogen (secondary N) is 1. The third-order valence-corrected chi connectivity index (χ3v) is 1.74. The zero-order chi connectivity index (χ0) is 6.97. The van der Waals surface area contributed by atoms with E-state index >= 15 is 0 Å². The van der Waals surface area contributed by atoms with E-state index in [1.807, 2.05) is 12.3 Å². The van der Waals surface area contributed by atoms with E-state index in [-0.39, 0.29) is 0 Å². The van der Waals surface area contributed by atoms with Gasteiger partial charge in [-0.15, -0.1) is 0 Å². The number of hydrogen-bond donors (Lipinski definition) is 1. The molecule has 10 heavy (non-hydrogen) atoms. The fourth-order valence-electron chi connectivity index (χ4n) is 0.913. The average Bonchev–Trinajstić information content (AvgIpc) is 2.68. The van der Waals surface area contributed by atoms with Gasteiger partial charge in [-0.2, -0.15) is 0 Å². The van der Waals surface area contributed by atoms with Gasteiger partial charge in [-0.1, -0.05) is 11.6 Å². The molecule has 52 valence electrons. The van der Waals surface area contributed by atoms with E-state index in [0.29, 0.717) is 11.1 Å². The predicted octanol–water partition coefficient (Wildman–Crippen LogP) is 1.38. The minimum Gasteiger partial charge on any atom is -0.307 e. The standard InChI is InChI=1S/C7H7ClN2/c8-6-1-5(2-9-3-6)7-4-10-7/h1-3,7,10H,4H2. The lowest BCUT2D eigenvalue weighted by Crippen LogP contribution is -1.84. The molecule has 1 saturated heterocycles. The van der Waals surface area contributed by atoms with Gasteiger partial charge < -0.3 is 5.32 Å². The maximum atomic E-state index is 5.73. The Labute approximate surface area is 64.2 Å². The number of rotatable bonds is 1. The largest absolute Gasteiger partial charge is 0.307 e. The summed E-state index contributed by atoms with van der Waals surface area (Å²) in [4.78, 5) is 3.97. The number of nitrogens with zero attached hydrogens (tertiary/aromatic N) is 1. The third kappa shape index (κ3) is 1.13. The lowest BCUT2D eigenvalue weighted by Gasteiger charge is -1.94. The molecule has 0 radical (unpaired) electrons. The van der Waals surface area contributed by atoms with Gasteiger partial charge in [-0.25, -0.2) is 0 Å². The second kappa shape index (κ2) is 2.22. The fourth-order valence-corrected chi connectivity index (χ4v) is 1.10. The van der Waals surface area contributed by atoms with Gasteiger partial charge in [0.25, 0.3) is 0 Å². The van der Waals surface area contributed by atoms with Gasteiger partial charge in [0.15, 0.2) is 0 Å². The lowest BCUT2D eigenvalue weighted by molar-refractivity contribution is 1.05. The van der Waals surface area contributed by atoms with Crippen molar-refractivity contribution in [2.45, 2.75) is 6.04 Å². The summed E-state index contributed by atoms with van der Waals surface area (Å²) >= 11 is 5.73. The van der Waals surface area contributed by atoms with Crippen molar-refractivity contribution >= 4 is 11.6 Å². The summed E-state index contributed by atoms with van der Waals surface area (Å²) in [5, 5.41) is 3.89. The smallest absolute Gasteiger partial charge is 0.0592 e. The molecule has 0 amide bonds. The van der Waals surface area contributed by atoms with Gasteiger partial charge in [0.05, 0.1) is 5.02 Å². The molecule has 1 aromatic rings. The molecule has 0 aliphatic carbocycles. The van der Waals surface area contributed by atoms with Crippen LogP contribution in [0.25, 0.3) is 0 Å². The van der Waals surface area contributed by atoms with Crippen molar-refractivity contribution in [1.29, 1.82) is 0 Å². The van der Waals surface area contributed by atoms with E-state index in [4.69, 9.17) is 11.6 Å². The Balaban J connectivity index is 2.32. The first-order valence-electron chi connectivity index (χ1n) is 3.20. The summed E-state index contributed by atoms with van der Waals surface area (Å²) < 4.78 is 0. The monoisotopic (exact) mass is 154 g/mol. The molecule has 1 aliphatic rings. The van der Waals surface area contributed by atoms with Crippen LogP contribution in [-0.4, -0.2) is 11.5 Å². The molecular weight excluding hydrogens is 148 g/mol. The van der Waals surface area contributed by atoms with Crippen molar-refractivity contribution in [1.82, 2.24) is 10.3 Å². The van der Waals surface area contributed by atoms with Crippen molar-refractivity contribution in [3.63, 3.8) is 0 Å². The summed E-state index contributed by atoms with van der Waals surface area (Å²) in [5.41, 5.74) is 1.19. The lowest BCUT2D eigenvalue weighted by atomic mass is 10.2. The van der Waals surface area contributed by atoms with E-state index in [0.717, 1.165) is 6.54 Å². The quantitative estimate of drug-likeness (QED) is 0.621. The minimum absolute atomic E-state index is 0.506. The Kier molecular flexibility index (Phi) is 1.36. The Morgan fingerprint density at radius 2 is 2.40 bits per heavy atom. The summed E-state index contributed by atoms with van der Waals surface area (Å²) in [7, 11) is 0. The molecular formula is C7H7ClN2. The van der Waals surface area contributed by atoms with Crippen LogP contribution in [0.15, 0.2) is 18.5 Å². The van der Waals surface area contributed by atoms with E-state index < -0.39 is 0 Å². The normalized spacial score (nSPS) is 22.7. The zero-order valence-corrected chi connectivity index (χ0v) is 6.10. The van der Waals surface area contributed by atoms with E-state index in [9.17, 15) is 0 Å². The van der Waals surface area contributed by atoms with Crippen molar-refractivity contribution in [2.24, 2.45) is 0 Å². The molecule has 1 aliphatic heterocycles. The molecule has 2 heterocycles. The Morgan fingerprint density at radius 1 is 1.60 bits per heavy atom. The fraction of sp³-hybridized carbons (Fsp3) is 0.286. The maximum Gasteiger partial charge on any atom is 0.0592 e. The summed E-state index contributed by atoms with van der Waals surface area (Å²) in [6.07, 6.45) is 3.49. The molecule has 2 rings (SSSR count). The van der Waals surface area contributed by atoms with Crippen LogP contribution in [-0.2, 0) is 0 Å². The first-order chi connectivity index (χ1) is 4.86. The highest BCUT2D eigenvalue weighted by molar-refractivity contribution is 6.30. The summed E-state index contributed by atoms with van der Waals surface area (Å²) in [5.74, 6) is 0. The molecule has 3 heteroatoms. The second-order valence-corrected chi connectivity index (χ2v) is 2.83. The van der Waals surface area contributed by atoms with Crippen molar-refractivity contribution in [3.8, 4) is 0 Å². The highest BCUT2D eigenvalue weighted by atomic mass is 35.5. The predicted molar refractivity (Wildman–Crippen MR) is 40.0 cm³/mol. The highest BCUT2D eigenvalue weighted by Crippen LogP contribution is 2.22. The van der Waals surface area contributed by atoms with Crippen LogP contribution in [0.3, 0.4) is 0 Å². The Morgan fingerprint density at radius 3 is 3.00 bits per heavy atom. The first-order valence-corrected chi connectivity index (χ1v) is 3.58. The topological polar surface area (TPSA) is 34.8 Å². The molecule has 0 bridgehead atoms. The van der Waals surface area contributed by atoms with E-state index in [1.54, 1.807) is 6.20 Å². The molecule has 1 fully saturated rings. The van der Waals surface area contributed by atoms with Crippen molar-refractivity contribution in [3.05, 3.63) is 29.0 Å². The van der Waals surface area contributed by atoms with Crippen LogP contribution in [0.5, 0.6) is 0 Å². The average molecular weight is 155 g/mol. The molecule has 0 aromatic carbocycles. The summed E-state index contributed by atoms with van der Waals surface area (Å²) in [6.45, 7) is 1.06. The van der Waals surface area contributed by atoms with Gasteiger partial charge in [-0.3, -0.25) is 4.98 Å². The van der Waals surface area contributed by atoms with Crippen LogP contribution < -0.4 is 5.32 Å².